The van der Waals surface area contributed by atoms with Crippen molar-refractivity contribution in [1.29, 1.82) is 0 Å². The molecule has 0 radical (unpaired) electrons. The Morgan fingerprint density at radius 2 is 2.08 bits per heavy atom. The molecule has 1 aromatic heterocycles. The molecule has 0 spiro atoms. The molecular weight excluding hydrogens is 320 g/mol. The van der Waals surface area contributed by atoms with Gasteiger partial charge in [0, 0.05) is 31.6 Å². The number of hydrogen-bond donors (Lipinski definition) is 2. The minimum Gasteiger partial charge on any atom is -0.435 e. The Bertz CT molecular complexity index is 702. The number of nitrogens with zero attached hydrogens (tertiary/aromatic N) is 3. The highest BCUT2D eigenvalue weighted by Crippen LogP contribution is 2.17. The van der Waals surface area contributed by atoms with Gasteiger partial charge in [0.1, 0.15) is 17.4 Å². The van der Waals surface area contributed by atoms with E-state index in [1.807, 2.05) is 0 Å². The summed E-state index contributed by atoms with van der Waals surface area (Å²) in [5, 5.41) is 13.6. The molecule has 2 amide bonds. The summed E-state index contributed by atoms with van der Waals surface area (Å²) >= 11 is 0. The van der Waals surface area contributed by atoms with Gasteiger partial charge in [0.25, 0.3) is 0 Å². The summed E-state index contributed by atoms with van der Waals surface area (Å²) in [6.45, 7) is -1.52. The lowest BCUT2D eigenvalue weighted by atomic mass is 10.3. The third-order valence-electron chi connectivity index (χ3n) is 3.66. The number of aryl methyl sites for hydroxylation is 1. The van der Waals surface area contributed by atoms with E-state index >= 15 is 0 Å². The molecule has 0 saturated carbocycles. The van der Waals surface area contributed by atoms with Crippen molar-refractivity contribution < 1.29 is 18.3 Å². The lowest BCUT2D eigenvalue weighted by molar-refractivity contribution is -0.0498. The number of halogens is 2. The molecule has 0 aliphatic carbocycles. The van der Waals surface area contributed by atoms with Crippen molar-refractivity contribution in [3.05, 3.63) is 35.9 Å². The van der Waals surface area contributed by atoms with Crippen LogP contribution < -0.4 is 15.4 Å². The first-order valence-corrected chi connectivity index (χ1v) is 7.62. The molecule has 128 valence electrons. The lowest BCUT2D eigenvalue weighted by Gasteiger charge is -2.09. The molecule has 0 bridgehead atoms. The second-order valence-electron chi connectivity index (χ2n) is 5.32. The SMILES string of the molecule is O=C(NCCc1nnc2n1CCC2)Nc1ccc(OC(F)F)cc1. The Hall–Kier alpha value is -2.71. The molecule has 2 N–H and O–H groups in total. The molecule has 0 saturated heterocycles. The Kier molecular flexibility index (Phi) is 4.88. The van der Waals surface area contributed by atoms with E-state index in [1.54, 1.807) is 0 Å². The van der Waals surface area contributed by atoms with Gasteiger partial charge in [0.05, 0.1) is 0 Å². The van der Waals surface area contributed by atoms with Crippen LogP contribution in [0.4, 0.5) is 19.3 Å². The van der Waals surface area contributed by atoms with Gasteiger partial charge in [-0.3, -0.25) is 0 Å². The van der Waals surface area contributed by atoms with Crippen molar-refractivity contribution in [3.8, 4) is 5.75 Å². The van der Waals surface area contributed by atoms with Crippen molar-refractivity contribution in [2.75, 3.05) is 11.9 Å². The highest BCUT2D eigenvalue weighted by molar-refractivity contribution is 5.89. The predicted molar refractivity (Wildman–Crippen MR) is 82.1 cm³/mol. The van der Waals surface area contributed by atoms with E-state index in [1.165, 1.54) is 24.3 Å². The van der Waals surface area contributed by atoms with Gasteiger partial charge in [0.2, 0.25) is 0 Å². The Morgan fingerprint density at radius 1 is 1.29 bits per heavy atom. The number of aromatic nitrogens is 3. The van der Waals surface area contributed by atoms with Crippen molar-refractivity contribution in [1.82, 2.24) is 20.1 Å². The van der Waals surface area contributed by atoms with Crippen LogP contribution in [0.15, 0.2) is 24.3 Å². The fourth-order valence-corrected chi connectivity index (χ4v) is 2.58. The van der Waals surface area contributed by atoms with E-state index in [4.69, 9.17) is 0 Å². The van der Waals surface area contributed by atoms with Crippen molar-refractivity contribution in [3.63, 3.8) is 0 Å². The average Bonchev–Trinajstić information content (AvgIpc) is 3.13. The third kappa shape index (κ3) is 3.98. The van der Waals surface area contributed by atoms with E-state index < -0.39 is 6.61 Å². The number of nitrogens with one attached hydrogen (secondary N) is 2. The van der Waals surface area contributed by atoms with Crippen LogP contribution in [0.25, 0.3) is 0 Å². The molecule has 1 aliphatic rings. The first-order chi connectivity index (χ1) is 11.6. The maximum atomic E-state index is 12.1. The zero-order valence-corrected chi connectivity index (χ0v) is 12.8. The first kappa shape index (κ1) is 16.2. The summed E-state index contributed by atoms with van der Waals surface area (Å²) in [4.78, 5) is 11.8. The van der Waals surface area contributed by atoms with Gasteiger partial charge < -0.3 is 19.9 Å². The van der Waals surface area contributed by atoms with E-state index in [9.17, 15) is 13.6 Å². The zero-order chi connectivity index (χ0) is 16.9. The molecule has 2 heterocycles. The fraction of sp³-hybridized carbons (Fsp3) is 0.400. The highest BCUT2D eigenvalue weighted by atomic mass is 19.3. The van der Waals surface area contributed by atoms with Crippen molar-refractivity contribution in [2.24, 2.45) is 0 Å². The number of fused-ring (bicyclic) bond motifs is 1. The Labute approximate surface area is 137 Å². The third-order valence-corrected chi connectivity index (χ3v) is 3.66. The van der Waals surface area contributed by atoms with Crippen LogP contribution in [0, 0.1) is 0 Å². The molecule has 0 unspecified atom stereocenters. The number of rotatable bonds is 6. The second-order valence-corrected chi connectivity index (χ2v) is 5.32. The number of carbonyl (C=O) groups is 1. The molecule has 7 nitrogen and oxygen atoms in total. The fourth-order valence-electron chi connectivity index (χ4n) is 2.58. The van der Waals surface area contributed by atoms with E-state index in [0.717, 1.165) is 31.0 Å². The van der Waals surface area contributed by atoms with Gasteiger partial charge >= 0.3 is 12.6 Å². The molecule has 24 heavy (non-hydrogen) atoms. The second kappa shape index (κ2) is 7.24. The zero-order valence-electron chi connectivity index (χ0n) is 12.8. The van der Waals surface area contributed by atoms with Crippen LogP contribution in [0.3, 0.4) is 0 Å². The van der Waals surface area contributed by atoms with E-state index in [-0.39, 0.29) is 11.8 Å². The number of hydrogen-bond acceptors (Lipinski definition) is 4. The minimum absolute atomic E-state index is 0.0385. The van der Waals surface area contributed by atoms with Crippen LogP contribution in [0.1, 0.15) is 18.1 Å². The maximum absolute atomic E-state index is 12.1. The normalized spacial score (nSPS) is 13.0. The van der Waals surface area contributed by atoms with Crippen molar-refractivity contribution >= 4 is 11.7 Å². The maximum Gasteiger partial charge on any atom is 0.387 e. The average molecular weight is 337 g/mol. The molecule has 3 rings (SSSR count). The molecule has 1 aliphatic heterocycles. The number of amides is 2. The molecule has 0 atom stereocenters. The van der Waals surface area contributed by atoms with Gasteiger partial charge in [-0.25, -0.2) is 4.79 Å². The van der Waals surface area contributed by atoms with Gasteiger partial charge in [-0.2, -0.15) is 8.78 Å². The summed E-state index contributed by atoms with van der Waals surface area (Å²) < 4.78 is 30.4. The molecule has 2 aromatic rings. The minimum atomic E-state index is -2.87. The largest absolute Gasteiger partial charge is 0.435 e. The summed E-state index contributed by atoms with van der Waals surface area (Å²) in [7, 11) is 0. The monoisotopic (exact) mass is 337 g/mol. The van der Waals surface area contributed by atoms with Gasteiger partial charge in [-0.15, -0.1) is 10.2 Å². The van der Waals surface area contributed by atoms with E-state index in [2.05, 4.69) is 30.1 Å². The summed E-state index contributed by atoms with van der Waals surface area (Å²) in [6, 6.07) is 5.33. The smallest absolute Gasteiger partial charge is 0.387 e. The summed E-state index contributed by atoms with van der Waals surface area (Å²) in [6.07, 6.45) is 2.63. The predicted octanol–water partition coefficient (Wildman–Crippen LogP) is 2.19. The van der Waals surface area contributed by atoms with Crippen LogP contribution in [-0.2, 0) is 19.4 Å². The number of ether oxygens (including phenoxy) is 1. The summed E-state index contributed by atoms with van der Waals surface area (Å²) in [5.41, 5.74) is 0.484. The Balaban J connectivity index is 1.44. The van der Waals surface area contributed by atoms with Gasteiger partial charge in [-0.1, -0.05) is 0 Å². The summed E-state index contributed by atoms with van der Waals surface area (Å²) in [5.74, 6) is 1.91. The van der Waals surface area contributed by atoms with Gasteiger partial charge in [-0.05, 0) is 30.7 Å². The van der Waals surface area contributed by atoms with Crippen LogP contribution >= 0.6 is 0 Å². The molecular formula is C15H17F2N5O2. The van der Waals surface area contributed by atoms with Crippen LogP contribution in [0.2, 0.25) is 0 Å². The van der Waals surface area contributed by atoms with E-state index in [0.29, 0.717) is 18.7 Å². The highest BCUT2D eigenvalue weighted by Gasteiger charge is 2.16. The quantitative estimate of drug-likeness (QED) is 0.847. The number of alkyl halides is 2. The van der Waals surface area contributed by atoms with Crippen LogP contribution in [-0.4, -0.2) is 34.0 Å². The van der Waals surface area contributed by atoms with Gasteiger partial charge in [0.15, 0.2) is 0 Å². The number of urea groups is 1. The first-order valence-electron chi connectivity index (χ1n) is 7.62. The number of benzene rings is 1. The van der Waals surface area contributed by atoms with Crippen molar-refractivity contribution in [2.45, 2.75) is 32.4 Å². The van der Waals surface area contributed by atoms with Crippen LogP contribution in [0.5, 0.6) is 5.75 Å². The lowest BCUT2D eigenvalue weighted by Crippen LogP contribution is -2.30. The number of carbonyl (C=O) groups excluding carboxylic acids is 1. The standard InChI is InChI=1S/C15H17F2N5O2/c16-14(17)24-11-5-3-10(4-6-11)19-15(23)18-8-7-13-21-20-12-2-1-9-22(12)13/h3-6,14H,1-2,7-9H2,(H2,18,19,23). The molecule has 0 fully saturated rings. The number of anilines is 1. The molecule has 9 heteroatoms. The Morgan fingerprint density at radius 3 is 2.83 bits per heavy atom. The topological polar surface area (TPSA) is 81.1 Å². The molecule has 1 aromatic carbocycles.